The van der Waals surface area contributed by atoms with Gasteiger partial charge in [-0.15, -0.1) is 11.3 Å². The van der Waals surface area contributed by atoms with Gasteiger partial charge in [-0.2, -0.15) is 9.97 Å². The Morgan fingerprint density at radius 1 is 0.532 bits per heavy atom. The molecular formula is C42H28N4S. The highest BCUT2D eigenvalue weighted by Gasteiger charge is 2.21. The third kappa shape index (κ3) is 4.63. The first kappa shape index (κ1) is 27.4. The van der Waals surface area contributed by atoms with Crippen molar-refractivity contribution in [1.29, 1.82) is 0 Å². The molecule has 47 heavy (non-hydrogen) atoms. The number of nitrogens with zero attached hydrogens (tertiary/aromatic N) is 4. The third-order valence-corrected chi connectivity index (χ3v) is 9.94. The van der Waals surface area contributed by atoms with Crippen molar-refractivity contribution in [2.24, 2.45) is 0 Å². The fraction of sp³-hybridized carbons (Fsp3) is 0.0238. The predicted octanol–water partition coefficient (Wildman–Crippen LogP) is 11.4. The van der Waals surface area contributed by atoms with Crippen LogP contribution in [-0.2, 0) is 0 Å². The number of fused-ring (bicyclic) bond motifs is 7. The van der Waals surface area contributed by atoms with Gasteiger partial charge in [-0.25, -0.2) is 4.98 Å². The molecule has 4 nitrogen and oxygen atoms in total. The summed E-state index contributed by atoms with van der Waals surface area (Å²) < 4.78 is 4.72. The summed E-state index contributed by atoms with van der Waals surface area (Å²) in [7, 11) is 0. The van der Waals surface area contributed by atoms with E-state index in [1.165, 1.54) is 42.1 Å². The molecule has 0 amide bonds. The molecule has 3 aromatic heterocycles. The van der Waals surface area contributed by atoms with E-state index in [1.807, 2.05) is 47.7 Å². The molecule has 0 radical (unpaired) electrons. The fourth-order valence-corrected chi connectivity index (χ4v) is 7.78. The molecule has 0 fully saturated rings. The zero-order chi connectivity index (χ0) is 31.3. The number of hydrogen-bond acceptors (Lipinski definition) is 4. The molecule has 9 rings (SSSR count). The van der Waals surface area contributed by atoms with Crippen molar-refractivity contribution in [2.45, 2.75) is 6.92 Å². The topological polar surface area (TPSA) is 43.6 Å². The molecule has 0 bridgehead atoms. The Labute approximate surface area is 276 Å². The van der Waals surface area contributed by atoms with Gasteiger partial charge in [0.25, 0.3) is 0 Å². The lowest BCUT2D eigenvalue weighted by molar-refractivity contribution is 0.955. The van der Waals surface area contributed by atoms with Crippen molar-refractivity contribution in [2.75, 3.05) is 0 Å². The van der Waals surface area contributed by atoms with Gasteiger partial charge in [-0.3, -0.25) is 4.57 Å². The van der Waals surface area contributed by atoms with Crippen LogP contribution in [0.1, 0.15) is 12.5 Å². The van der Waals surface area contributed by atoms with Gasteiger partial charge in [0.05, 0.1) is 15.7 Å². The van der Waals surface area contributed by atoms with Crippen LogP contribution in [-0.4, -0.2) is 19.5 Å². The highest BCUT2D eigenvalue weighted by molar-refractivity contribution is 7.26. The van der Waals surface area contributed by atoms with Gasteiger partial charge in [0.1, 0.15) is 0 Å². The first-order valence-corrected chi connectivity index (χ1v) is 16.6. The van der Waals surface area contributed by atoms with E-state index in [0.717, 1.165) is 27.7 Å². The molecule has 0 aliphatic rings. The zero-order valence-electron chi connectivity index (χ0n) is 25.6. The second-order valence-electron chi connectivity index (χ2n) is 11.6. The largest absolute Gasteiger partial charge is 0.276 e. The van der Waals surface area contributed by atoms with Gasteiger partial charge >= 0.3 is 0 Å². The smallest absolute Gasteiger partial charge is 0.238 e. The van der Waals surface area contributed by atoms with Gasteiger partial charge in [-0.1, -0.05) is 127 Å². The minimum Gasteiger partial charge on any atom is -0.276 e. The molecular weight excluding hydrogens is 593 g/mol. The van der Waals surface area contributed by atoms with Crippen LogP contribution >= 0.6 is 11.3 Å². The van der Waals surface area contributed by atoms with E-state index in [0.29, 0.717) is 17.6 Å². The average Bonchev–Trinajstić information content (AvgIpc) is 3.68. The molecule has 222 valence electrons. The summed E-state index contributed by atoms with van der Waals surface area (Å²) in [5.41, 5.74) is 7.66. The maximum Gasteiger partial charge on any atom is 0.238 e. The van der Waals surface area contributed by atoms with Crippen LogP contribution in [0, 0.1) is 0 Å². The average molecular weight is 621 g/mol. The summed E-state index contributed by atoms with van der Waals surface area (Å²) in [5.74, 6) is 1.89. The Morgan fingerprint density at radius 2 is 1.17 bits per heavy atom. The molecule has 0 aliphatic heterocycles. The summed E-state index contributed by atoms with van der Waals surface area (Å²) in [6.45, 7) is 2.05. The monoisotopic (exact) mass is 620 g/mol. The van der Waals surface area contributed by atoms with E-state index >= 15 is 0 Å². The van der Waals surface area contributed by atoms with Crippen LogP contribution in [0.4, 0.5) is 0 Å². The van der Waals surface area contributed by atoms with Crippen LogP contribution in [0.5, 0.6) is 0 Å². The second-order valence-corrected chi connectivity index (χ2v) is 12.7. The minimum absolute atomic E-state index is 0.603. The lowest BCUT2D eigenvalue weighted by Crippen LogP contribution is -2.06. The molecule has 0 spiro atoms. The summed E-state index contributed by atoms with van der Waals surface area (Å²) in [5, 5.41) is 4.83. The summed E-state index contributed by atoms with van der Waals surface area (Å²) in [6.07, 6.45) is 4.23. The van der Waals surface area contributed by atoms with Gasteiger partial charge in [0.2, 0.25) is 5.95 Å². The number of thiophene rings is 1. The van der Waals surface area contributed by atoms with Gasteiger partial charge in [0.15, 0.2) is 11.6 Å². The number of allylic oxidation sites excluding steroid dienone is 1. The molecule has 5 heteroatoms. The number of aromatic nitrogens is 4. The molecule has 0 unspecified atom stereocenters. The summed E-state index contributed by atoms with van der Waals surface area (Å²) in [4.78, 5) is 15.3. The van der Waals surface area contributed by atoms with Crippen molar-refractivity contribution in [1.82, 2.24) is 19.5 Å². The van der Waals surface area contributed by atoms with E-state index in [2.05, 4.69) is 127 Å². The SMILES string of the molecule is CC=Cc1ccc2c(c1)c1ccc3c4cc(-c5ccccc5)ccc4sc3c1n2-c1nc(-c2ccccc2)nc(-c2ccccc2)n1. The van der Waals surface area contributed by atoms with E-state index in [4.69, 9.17) is 15.0 Å². The maximum absolute atomic E-state index is 5.18. The minimum atomic E-state index is 0.603. The van der Waals surface area contributed by atoms with Gasteiger partial charge in [-0.05, 0) is 47.9 Å². The molecule has 0 saturated heterocycles. The van der Waals surface area contributed by atoms with E-state index in [-0.39, 0.29) is 0 Å². The number of benzene rings is 6. The van der Waals surface area contributed by atoms with Crippen molar-refractivity contribution < 1.29 is 0 Å². The number of hydrogen-bond donors (Lipinski definition) is 0. The predicted molar refractivity (Wildman–Crippen MR) is 198 cm³/mol. The first-order chi connectivity index (χ1) is 23.2. The van der Waals surface area contributed by atoms with Gasteiger partial charge in [0, 0.05) is 37.4 Å². The van der Waals surface area contributed by atoms with Crippen LogP contribution in [0.15, 0.2) is 146 Å². The molecule has 0 atom stereocenters. The Morgan fingerprint density at radius 3 is 1.83 bits per heavy atom. The van der Waals surface area contributed by atoms with Crippen molar-refractivity contribution in [3.63, 3.8) is 0 Å². The highest BCUT2D eigenvalue weighted by Crippen LogP contribution is 2.44. The Bertz CT molecular complexity index is 2560. The lowest BCUT2D eigenvalue weighted by atomic mass is 10.0. The van der Waals surface area contributed by atoms with Crippen LogP contribution in [0.25, 0.3) is 87.9 Å². The van der Waals surface area contributed by atoms with E-state index in [1.54, 1.807) is 0 Å². The zero-order valence-corrected chi connectivity index (χ0v) is 26.4. The molecule has 9 aromatic rings. The molecule has 3 heterocycles. The van der Waals surface area contributed by atoms with Crippen molar-refractivity contribution in [3.05, 3.63) is 151 Å². The van der Waals surface area contributed by atoms with Crippen LogP contribution in [0.2, 0.25) is 0 Å². The Hall–Kier alpha value is -5.91. The number of rotatable bonds is 5. The summed E-state index contributed by atoms with van der Waals surface area (Å²) in [6, 6.07) is 48.9. The Balaban J connectivity index is 1.39. The van der Waals surface area contributed by atoms with Crippen molar-refractivity contribution >= 4 is 59.4 Å². The lowest BCUT2D eigenvalue weighted by Gasteiger charge is -2.11. The van der Waals surface area contributed by atoms with E-state index in [9.17, 15) is 0 Å². The van der Waals surface area contributed by atoms with Crippen LogP contribution in [0.3, 0.4) is 0 Å². The molecule has 0 aliphatic carbocycles. The second kappa shape index (κ2) is 11.2. The Kier molecular flexibility index (Phi) is 6.51. The third-order valence-electron chi connectivity index (χ3n) is 8.74. The van der Waals surface area contributed by atoms with Crippen molar-refractivity contribution in [3.8, 4) is 39.9 Å². The molecule has 0 saturated carbocycles. The normalized spacial score (nSPS) is 11.9. The van der Waals surface area contributed by atoms with Gasteiger partial charge < -0.3 is 0 Å². The quantitative estimate of drug-likeness (QED) is 0.192. The highest BCUT2D eigenvalue weighted by atomic mass is 32.1. The summed E-state index contributed by atoms with van der Waals surface area (Å²) >= 11 is 1.83. The molecule has 0 N–H and O–H groups in total. The van der Waals surface area contributed by atoms with Crippen LogP contribution < -0.4 is 0 Å². The fourth-order valence-electron chi connectivity index (χ4n) is 6.56. The maximum atomic E-state index is 5.18. The van der Waals surface area contributed by atoms with E-state index < -0.39 is 0 Å². The first-order valence-electron chi connectivity index (χ1n) is 15.7. The standard InChI is InChI=1S/C42H28N4S/c1-2-12-27-19-23-36-34(25-27)32-21-22-33-35-26-31(28-13-6-3-7-14-28)20-24-37(35)47-39(33)38(32)46(36)42-44-40(29-15-8-4-9-16-29)43-41(45-42)30-17-10-5-11-18-30/h2-26H,1H3. The molecule has 6 aromatic carbocycles.